The molecule has 0 amide bonds. The van der Waals surface area contributed by atoms with Crippen LogP contribution in [0.3, 0.4) is 0 Å². The van der Waals surface area contributed by atoms with Crippen LogP contribution in [0.2, 0.25) is 0 Å². The molecule has 4 aromatic rings. The third kappa shape index (κ3) is 4.87. The maximum Gasteiger partial charge on any atom is 0.263 e. The first-order valence-electron chi connectivity index (χ1n) is 12.1. The second-order valence-corrected chi connectivity index (χ2v) is 8.74. The lowest BCUT2D eigenvalue weighted by Gasteiger charge is -2.23. The van der Waals surface area contributed by atoms with Crippen molar-refractivity contribution in [3.8, 4) is 22.6 Å². The van der Waals surface area contributed by atoms with Crippen molar-refractivity contribution in [2.24, 2.45) is 0 Å². The maximum atomic E-state index is 13.6. The van der Waals surface area contributed by atoms with Crippen molar-refractivity contribution in [2.45, 2.75) is 64.8 Å². The molecule has 5 heteroatoms. The predicted molar refractivity (Wildman–Crippen MR) is 135 cm³/mol. The van der Waals surface area contributed by atoms with Crippen molar-refractivity contribution >= 4 is 11.0 Å². The summed E-state index contributed by atoms with van der Waals surface area (Å²) in [5.74, 6) is 0.207. The quantitative estimate of drug-likeness (QED) is 0.374. The molecule has 0 atom stereocenters. The summed E-state index contributed by atoms with van der Waals surface area (Å²) < 4.78 is 3.81. The fourth-order valence-electron chi connectivity index (χ4n) is 4.40. The second kappa shape index (κ2) is 10.5. The minimum absolute atomic E-state index is 0.0136. The minimum Gasteiger partial charge on any atom is -0.508 e. The molecule has 0 unspecified atom stereocenters. The highest BCUT2D eigenvalue weighted by Crippen LogP contribution is 2.32. The van der Waals surface area contributed by atoms with Crippen LogP contribution in [0.4, 0.5) is 0 Å². The standard InChI is InChI=1S/C24H23N3O2.C4H10/c28-20-13-11-17(12-14-20)21-15-26(18-7-3-1-4-8-18)23-22(21)24(29)27(16-25-23)19-9-5-2-6-10-19;1-3-4-2/h1,3-4,7-8,11-16,19,28H,2,5-6,9-10H2;3-4H2,1-2H3. The third-order valence-corrected chi connectivity index (χ3v) is 6.41. The van der Waals surface area contributed by atoms with E-state index in [1.165, 1.54) is 19.3 Å². The van der Waals surface area contributed by atoms with E-state index in [2.05, 4.69) is 13.8 Å². The lowest BCUT2D eigenvalue weighted by Crippen LogP contribution is -2.26. The van der Waals surface area contributed by atoms with Crippen LogP contribution < -0.4 is 5.56 Å². The number of aromatic nitrogens is 3. The van der Waals surface area contributed by atoms with Crippen LogP contribution in [0.1, 0.15) is 64.8 Å². The summed E-state index contributed by atoms with van der Waals surface area (Å²) >= 11 is 0. The molecule has 1 saturated carbocycles. The monoisotopic (exact) mass is 443 g/mol. The number of benzene rings is 2. The molecular weight excluding hydrogens is 410 g/mol. The van der Waals surface area contributed by atoms with Gasteiger partial charge in [0.05, 0.1) is 5.39 Å². The zero-order chi connectivity index (χ0) is 23.2. The summed E-state index contributed by atoms with van der Waals surface area (Å²) in [6, 6.07) is 17.2. The van der Waals surface area contributed by atoms with E-state index in [1.807, 2.05) is 57.8 Å². The van der Waals surface area contributed by atoms with Crippen LogP contribution >= 0.6 is 0 Å². The number of hydrogen-bond donors (Lipinski definition) is 1. The number of rotatable bonds is 4. The van der Waals surface area contributed by atoms with E-state index in [1.54, 1.807) is 18.5 Å². The van der Waals surface area contributed by atoms with Crippen LogP contribution in [-0.4, -0.2) is 19.2 Å². The molecular formula is C28H33N3O2. The fourth-order valence-corrected chi connectivity index (χ4v) is 4.40. The Balaban J connectivity index is 0.000000601. The normalized spacial score (nSPS) is 14.1. The molecule has 33 heavy (non-hydrogen) atoms. The highest BCUT2D eigenvalue weighted by molar-refractivity contribution is 5.94. The molecule has 1 aliphatic carbocycles. The topological polar surface area (TPSA) is 60.0 Å². The number of para-hydroxylation sites is 1. The zero-order valence-corrected chi connectivity index (χ0v) is 19.6. The fraction of sp³-hybridized carbons (Fsp3) is 0.357. The van der Waals surface area contributed by atoms with Crippen LogP contribution in [0, 0.1) is 0 Å². The Labute approximate surface area is 195 Å². The molecule has 1 aliphatic rings. The third-order valence-electron chi connectivity index (χ3n) is 6.41. The molecule has 1 N–H and O–H groups in total. The van der Waals surface area contributed by atoms with Gasteiger partial charge in [0.25, 0.3) is 5.56 Å². The number of unbranched alkanes of at least 4 members (excludes halogenated alkanes) is 1. The van der Waals surface area contributed by atoms with E-state index in [-0.39, 0.29) is 17.4 Å². The van der Waals surface area contributed by atoms with Gasteiger partial charge >= 0.3 is 0 Å². The van der Waals surface area contributed by atoms with Gasteiger partial charge in [-0.15, -0.1) is 0 Å². The number of fused-ring (bicyclic) bond motifs is 1. The van der Waals surface area contributed by atoms with E-state index in [0.29, 0.717) is 11.0 Å². The molecule has 0 saturated heterocycles. The highest BCUT2D eigenvalue weighted by Gasteiger charge is 2.22. The molecule has 0 radical (unpaired) electrons. The molecule has 5 rings (SSSR count). The Bertz CT molecular complexity index is 1230. The Kier molecular flexibility index (Phi) is 7.28. The van der Waals surface area contributed by atoms with Crippen molar-refractivity contribution < 1.29 is 5.11 Å². The first-order chi connectivity index (χ1) is 16.1. The Morgan fingerprint density at radius 2 is 1.61 bits per heavy atom. The Morgan fingerprint density at radius 3 is 2.24 bits per heavy atom. The van der Waals surface area contributed by atoms with E-state index in [0.717, 1.165) is 42.5 Å². The smallest absolute Gasteiger partial charge is 0.263 e. The van der Waals surface area contributed by atoms with E-state index >= 15 is 0 Å². The molecule has 0 spiro atoms. The van der Waals surface area contributed by atoms with E-state index < -0.39 is 0 Å². The number of phenols is 1. The average molecular weight is 444 g/mol. The molecule has 1 fully saturated rings. The molecule has 2 aromatic carbocycles. The van der Waals surface area contributed by atoms with Crippen LogP contribution in [-0.2, 0) is 0 Å². The number of aromatic hydroxyl groups is 1. The van der Waals surface area contributed by atoms with Crippen LogP contribution in [0.5, 0.6) is 5.75 Å². The van der Waals surface area contributed by atoms with Crippen LogP contribution in [0.15, 0.2) is 71.9 Å². The predicted octanol–water partition coefficient (Wildman–Crippen LogP) is 6.87. The van der Waals surface area contributed by atoms with Crippen molar-refractivity contribution in [2.75, 3.05) is 0 Å². The van der Waals surface area contributed by atoms with Crippen molar-refractivity contribution in [3.05, 3.63) is 77.5 Å². The van der Waals surface area contributed by atoms with Gasteiger partial charge in [-0.05, 0) is 42.7 Å². The van der Waals surface area contributed by atoms with Gasteiger partial charge in [-0.3, -0.25) is 9.36 Å². The average Bonchev–Trinajstić information content (AvgIpc) is 3.26. The van der Waals surface area contributed by atoms with E-state index in [9.17, 15) is 9.90 Å². The Morgan fingerprint density at radius 1 is 0.939 bits per heavy atom. The summed E-state index contributed by atoms with van der Waals surface area (Å²) in [6.07, 6.45) is 12.0. The summed E-state index contributed by atoms with van der Waals surface area (Å²) in [4.78, 5) is 18.3. The molecule has 172 valence electrons. The number of hydrogen-bond acceptors (Lipinski definition) is 3. The van der Waals surface area contributed by atoms with Crippen molar-refractivity contribution in [1.82, 2.24) is 14.1 Å². The first kappa shape index (κ1) is 22.8. The summed E-state index contributed by atoms with van der Waals surface area (Å²) in [5, 5.41) is 10.3. The molecule has 2 heterocycles. The molecule has 2 aromatic heterocycles. The van der Waals surface area contributed by atoms with Crippen molar-refractivity contribution in [3.63, 3.8) is 0 Å². The number of phenolic OH excluding ortho intramolecular Hbond substituents is 1. The van der Waals surface area contributed by atoms with Gasteiger partial charge in [0, 0.05) is 23.5 Å². The lowest BCUT2D eigenvalue weighted by molar-refractivity contribution is 0.345. The van der Waals surface area contributed by atoms with Gasteiger partial charge in [0.2, 0.25) is 0 Å². The van der Waals surface area contributed by atoms with Gasteiger partial charge in [-0.1, -0.05) is 76.3 Å². The van der Waals surface area contributed by atoms with Crippen LogP contribution in [0.25, 0.3) is 27.8 Å². The summed E-state index contributed by atoms with van der Waals surface area (Å²) in [6.45, 7) is 4.36. The van der Waals surface area contributed by atoms with Crippen molar-refractivity contribution in [1.29, 1.82) is 0 Å². The maximum absolute atomic E-state index is 13.6. The summed E-state index contributed by atoms with van der Waals surface area (Å²) in [5.41, 5.74) is 3.37. The first-order valence-corrected chi connectivity index (χ1v) is 12.1. The second-order valence-electron chi connectivity index (χ2n) is 8.74. The highest BCUT2D eigenvalue weighted by atomic mass is 16.3. The van der Waals surface area contributed by atoms with Gasteiger partial charge in [0.15, 0.2) is 5.65 Å². The Hall–Kier alpha value is -3.34. The SMILES string of the molecule is CCCC.O=c1c2c(-c3ccc(O)cc3)cn(-c3ccccc3)c2ncn1C1CCCCC1. The summed E-state index contributed by atoms with van der Waals surface area (Å²) in [7, 11) is 0. The largest absolute Gasteiger partial charge is 0.508 e. The van der Waals surface area contributed by atoms with E-state index in [4.69, 9.17) is 4.98 Å². The van der Waals surface area contributed by atoms with Gasteiger partial charge < -0.3 is 9.67 Å². The molecule has 0 bridgehead atoms. The zero-order valence-electron chi connectivity index (χ0n) is 19.6. The molecule has 0 aliphatic heterocycles. The van der Waals surface area contributed by atoms with Gasteiger partial charge in [-0.2, -0.15) is 0 Å². The minimum atomic E-state index is 0.0136. The lowest BCUT2D eigenvalue weighted by atomic mass is 9.95. The number of nitrogens with zero attached hydrogens (tertiary/aromatic N) is 3. The van der Waals surface area contributed by atoms with Gasteiger partial charge in [0.1, 0.15) is 12.1 Å². The molecule has 5 nitrogen and oxygen atoms in total. The van der Waals surface area contributed by atoms with Gasteiger partial charge in [-0.25, -0.2) is 4.98 Å².